The van der Waals surface area contributed by atoms with Crippen LogP contribution in [0.4, 0.5) is 10.5 Å². The van der Waals surface area contributed by atoms with Crippen LogP contribution in [0.15, 0.2) is 42.7 Å². The molecule has 1 unspecified atom stereocenters. The molecule has 1 fully saturated rings. The number of imidazole rings is 1. The molecule has 0 saturated carbocycles. The van der Waals surface area contributed by atoms with Gasteiger partial charge in [-0.25, -0.2) is 9.78 Å². The number of para-hydroxylation sites is 1. The molecule has 4 rings (SSSR count). The van der Waals surface area contributed by atoms with Crippen molar-refractivity contribution in [3.63, 3.8) is 0 Å². The Morgan fingerprint density at radius 2 is 2.24 bits per heavy atom. The number of carbonyl (C=O) groups excluding carboxylic acids is 1. The van der Waals surface area contributed by atoms with E-state index in [2.05, 4.69) is 20.3 Å². The lowest BCUT2D eigenvalue weighted by Gasteiger charge is -2.32. The van der Waals surface area contributed by atoms with Crippen molar-refractivity contribution in [1.82, 2.24) is 19.9 Å². The van der Waals surface area contributed by atoms with Crippen molar-refractivity contribution in [1.29, 1.82) is 0 Å². The van der Waals surface area contributed by atoms with Crippen LogP contribution in [0.2, 0.25) is 0 Å². The van der Waals surface area contributed by atoms with Crippen LogP contribution in [-0.2, 0) is 0 Å². The molecule has 128 valence electrons. The molecule has 0 radical (unpaired) electrons. The maximum Gasteiger partial charge on any atom is 0.321 e. The molecule has 1 aromatic carbocycles. The van der Waals surface area contributed by atoms with E-state index in [-0.39, 0.29) is 11.9 Å². The number of urea groups is 1. The lowest BCUT2D eigenvalue weighted by molar-refractivity contribution is 0.191. The number of aromatic amines is 1. The summed E-state index contributed by atoms with van der Waals surface area (Å²) in [5, 5.41) is 4.07. The van der Waals surface area contributed by atoms with Crippen molar-refractivity contribution in [2.75, 3.05) is 18.4 Å². The first kappa shape index (κ1) is 15.6. The number of amides is 2. The van der Waals surface area contributed by atoms with Crippen LogP contribution in [0.3, 0.4) is 0 Å². The van der Waals surface area contributed by atoms with Gasteiger partial charge in [0.2, 0.25) is 0 Å². The van der Waals surface area contributed by atoms with E-state index in [9.17, 15) is 4.79 Å². The first-order valence-electron chi connectivity index (χ1n) is 8.62. The zero-order valence-corrected chi connectivity index (χ0v) is 14.2. The summed E-state index contributed by atoms with van der Waals surface area (Å²) in [7, 11) is 0. The summed E-state index contributed by atoms with van der Waals surface area (Å²) in [6.07, 6.45) is 5.62. The van der Waals surface area contributed by atoms with Gasteiger partial charge in [-0.1, -0.05) is 18.2 Å². The van der Waals surface area contributed by atoms with Gasteiger partial charge in [-0.3, -0.25) is 4.98 Å². The summed E-state index contributed by atoms with van der Waals surface area (Å²) in [5.41, 5.74) is 2.52. The quantitative estimate of drug-likeness (QED) is 0.750. The van der Waals surface area contributed by atoms with Crippen molar-refractivity contribution in [2.24, 2.45) is 0 Å². The molecule has 3 heterocycles. The fraction of sp³-hybridized carbons (Fsp3) is 0.316. The number of piperidine rings is 1. The molecule has 6 nitrogen and oxygen atoms in total. The fourth-order valence-corrected chi connectivity index (χ4v) is 3.43. The molecule has 0 bridgehead atoms. The second kappa shape index (κ2) is 6.55. The molecule has 1 aliphatic rings. The predicted molar refractivity (Wildman–Crippen MR) is 97.6 cm³/mol. The maximum atomic E-state index is 12.8. The largest absolute Gasteiger partial charge is 0.348 e. The van der Waals surface area contributed by atoms with Crippen LogP contribution in [0, 0.1) is 6.92 Å². The van der Waals surface area contributed by atoms with E-state index in [1.54, 1.807) is 6.20 Å². The summed E-state index contributed by atoms with van der Waals surface area (Å²) in [6, 6.07) is 9.78. The first-order chi connectivity index (χ1) is 12.2. The van der Waals surface area contributed by atoms with Crippen molar-refractivity contribution < 1.29 is 4.79 Å². The number of H-pyrrole nitrogens is 1. The monoisotopic (exact) mass is 335 g/mol. The van der Waals surface area contributed by atoms with Gasteiger partial charge in [0.15, 0.2) is 0 Å². The number of benzene rings is 1. The van der Waals surface area contributed by atoms with E-state index in [0.29, 0.717) is 6.54 Å². The van der Waals surface area contributed by atoms with Gasteiger partial charge in [-0.2, -0.15) is 0 Å². The van der Waals surface area contributed by atoms with Gasteiger partial charge in [-0.15, -0.1) is 0 Å². The highest BCUT2D eigenvalue weighted by Crippen LogP contribution is 2.26. The number of aryl methyl sites for hydroxylation is 1. The molecule has 0 aliphatic carbocycles. The van der Waals surface area contributed by atoms with Crippen molar-refractivity contribution in [3.8, 4) is 0 Å². The summed E-state index contributed by atoms with van der Waals surface area (Å²) in [5.74, 6) is 1.22. The van der Waals surface area contributed by atoms with Crippen LogP contribution in [0.5, 0.6) is 0 Å². The Hall–Kier alpha value is -2.89. The van der Waals surface area contributed by atoms with E-state index in [1.807, 2.05) is 48.4 Å². The fourth-order valence-electron chi connectivity index (χ4n) is 3.43. The molecule has 0 spiro atoms. The van der Waals surface area contributed by atoms with E-state index >= 15 is 0 Å². The Labute approximate surface area is 146 Å². The van der Waals surface area contributed by atoms with Gasteiger partial charge in [0, 0.05) is 42.5 Å². The number of aromatic nitrogens is 3. The number of rotatable bonds is 2. The first-order valence-corrected chi connectivity index (χ1v) is 8.62. The van der Waals surface area contributed by atoms with Crippen LogP contribution < -0.4 is 5.32 Å². The van der Waals surface area contributed by atoms with E-state index in [4.69, 9.17) is 0 Å². The third kappa shape index (κ3) is 3.20. The van der Waals surface area contributed by atoms with Crippen molar-refractivity contribution in [3.05, 3.63) is 54.2 Å². The number of hydrogen-bond acceptors (Lipinski definition) is 3. The number of anilines is 1. The standard InChI is InChI=1S/C19H21N5O/c1-13-7-8-14-4-2-6-16(17(14)22-13)23-19(25)24-11-3-5-15(12-24)18-20-9-10-21-18/h2,4,6-10,15H,3,5,11-12H2,1H3,(H,20,21)(H,23,25). The predicted octanol–water partition coefficient (Wildman–Crippen LogP) is 3.68. The molecule has 1 aliphatic heterocycles. The second-order valence-electron chi connectivity index (χ2n) is 6.52. The third-order valence-corrected chi connectivity index (χ3v) is 4.72. The smallest absolute Gasteiger partial charge is 0.321 e. The number of fused-ring (bicyclic) bond motifs is 1. The summed E-state index contributed by atoms with van der Waals surface area (Å²) in [4.78, 5) is 26.7. The van der Waals surface area contributed by atoms with Gasteiger partial charge >= 0.3 is 6.03 Å². The Morgan fingerprint density at radius 1 is 1.32 bits per heavy atom. The Morgan fingerprint density at radius 3 is 3.08 bits per heavy atom. The molecule has 2 aromatic heterocycles. The van der Waals surface area contributed by atoms with Gasteiger partial charge in [0.1, 0.15) is 5.82 Å². The Kier molecular flexibility index (Phi) is 4.09. The number of nitrogens with one attached hydrogen (secondary N) is 2. The molecule has 3 aromatic rings. The summed E-state index contributed by atoms with van der Waals surface area (Å²) < 4.78 is 0. The number of likely N-dealkylation sites (tertiary alicyclic amines) is 1. The topological polar surface area (TPSA) is 73.9 Å². The minimum Gasteiger partial charge on any atom is -0.348 e. The van der Waals surface area contributed by atoms with E-state index < -0.39 is 0 Å². The minimum atomic E-state index is -0.0768. The van der Waals surface area contributed by atoms with Crippen LogP contribution >= 0.6 is 0 Å². The molecule has 1 saturated heterocycles. The van der Waals surface area contributed by atoms with Crippen molar-refractivity contribution in [2.45, 2.75) is 25.7 Å². The molecular formula is C19H21N5O. The molecule has 2 amide bonds. The molecule has 1 atom stereocenters. The molecular weight excluding hydrogens is 314 g/mol. The van der Waals surface area contributed by atoms with Crippen LogP contribution in [0.1, 0.15) is 30.3 Å². The minimum absolute atomic E-state index is 0.0768. The van der Waals surface area contributed by atoms with E-state index in [0.717, 1.165) is 47.5 Å². The normalized spacial score (nSPS) is 17.6. The number of hydrogen-bond donors (Lipinski definition) is 2. The third-order valence-electron chi connectivity index (χ3n) is 4.72. The van der Waals surface area contributed by atoms with Crippen molar-refractivity contribution >= 4 is 22.6 Å². The maximum absolute atomic E-state index is 12.8. The van der Waals surface area contributed by atoms with Gasteiger partial charge in [-0.05, 0) is 31.9 Å². The average molecular weight is 335 g/mol. The second-order valence-corrected chi connectivity index (χ2v) is 6.52. The number of nitrogens with zero attached hydrogens (tertiary/aromatic N) is 3. The lowest BCUT2D eigenvalue weighted by Crippen LogP contribution is -2.41. The SMILES string of the molecule is Cc1ccc2cccc(NC(=O)N3CCCC(c4ncc[nH]4)C3)c2n1. The van der Waals surface area contributed by atoms with Gasteiger partial charge in [0.05, 0.1) is 11.2 Å². The zero-order chi connectivity index (χ0) is 17.2. The highest BCUT2D eigenvalue weighted by molar-refractivity contribution is 5.99. The average Bonchev–Trinajstić information content (AvgIpc) is 3.17. The Balaban J connectivity index is 1.53. The van der Waals surface area contributed by atoms with Crippen LogP contribution in [0.25, 0.3) is 10.9 Å². The summed E-state index contributed by atoms with van der Waals surface area (Å²) >= 11 is 0. The highest BCUT2D eigenvalue weighted by Gasteiger charge is 2.26. The molecule has 6 heteroatoms. The zero-order valence-electron chi connectivity index (χ0n) is 14.2. The van der Waals surface area contributed by atoms with Crippen LogP contribution in [-0.4, -0.2) is 39.0 Å². The van der Waals surface area contributed by atoms with Gasteiger partial charge < -0.3 is 15.2 Å². The number of carbonyl (C=O) groups is 1. The van der Waals surface area contributed by atoms with Gasteiger partial charge in [0.25, 0.3) is 0 Å². The number of pyridine rings is 1. The van der Waals surface area contributed by atoms with E-state index in [1.165, 1.54) is 0 Å². The molecule has 25 heavy (non-hydrogen) atoms. The molecule has 2 N–H and O–H groups in total. The summed E-state index contributed by atoms with van der Waals surface area (Å²) in [6.45, 7) is 3.40. The highest BCUT2D eigenvalue weighted by atomic mass is 16.2. The lowest BCUT2D eigenvalue weighted by atomic mass is 9.98. The Bertz CT molecular complexity index is 890.